The first-order valence-electron chi connectivity index (χ1n) is 7.81. The molecule has 0 aromatic carbocycles. The van der Waals surface area contributed by atoms with Gasteiger partial charge in [0.05, 0.1) is 17.6 Å². The highest BCUT2D eigenvalue weighted by molar-refractivity contribution is 7.19. The lowest BCUT2D eigenvalue weighted by Crippen LogP contribution is -2.46. The highest BCUT2D eigenvalue weighted by atomic mass is 32.1. The zero-order valence-electron chi connectivity index (χ0n) is 12.8. The van der Waals surface area contributed by atoms with Crippen LogP contribution in [0.4, 0.5) is 5.82 Å². The normalized spacial score (nSPS) is 25.6. The molecule has 0 amide bonds. The van der Waals surface area contributed by atoms with Gasteiger partial charge in [0.1, 0.15) is 16.5 Å². The highest BCUT2D eigenvalue weighted by Crippen LogP contribution is 2.41. The fraction of sp³-hybridized carbons (Fsp3) is 0.625. The number of nitrogens with zero attached hydrogens (tertiary/aromatic N) is 3. The van der Waals surface area contributed by atoms with Crippen LogP contribution >= 0.6 is 11.3 Å². The SMILES string of the molecule is Cc1nc(N2CC(C)OC(C)C2)c2c3c(sc2n1)CCC3. The molecule has 4 nitrogen and oxygen atoms in total. The minimum Gasteiger partial charge on any atom is -0.372 e. The largest absolute Gasteiger partial charge is 0.372 e. The minimum atomic E-state index is 0.255. The van der Waals surface area contributed by atoms with E-state index in [1.165, 1.54) is 39.9 Å². The zero-order chi connectivity index (χ0) is 14.6. The fourth-order valence-electron chi connectivity index (χ4n) is 3.66. The van der Waals surface area contributed by atoms with E-state index in [9.17, 15) is 0 Å². The lowest BCUT2D eigenvalue weighted by molar-refractivity contribution is -0.00538. The standard InChI is InChI=1S/C16H21N3OS/c1-9-7-19(8-10(2)20-9)15-14-12-5-4-6-13(12)21-16(14)18-11(3)17-15/h9-10H,4-8H2,1-3H3. The summed E-state index contributed by atoms with van der Waals surface area (Å²) in [5, 5.41) is 1.32. The van der Waals surface area contributed by atoms with Gasteiger partial charge in [-0.2, -0.15) is 0 Å². The first-order chi connectivity index (χ1) is 10.1. The van der Waals surface area contributed by atoms with Crippen LogP contribution in [-0.2, 0) is 17.6 Å². The number of morpholine rings is 1. The van der Waals surface area contributed by atoms with Crippen molar-refractivity contribution in [3.05, 3.63) is 16.3 Å². The van der Waals surface area contributed by atoms with Crippen molar-refractivity contribution < 1.29 is 4.74 Å². The molecule has 5 heteroatoms. The third kappa shape index (κ3) is 2.23. The molecule has 21 heavy (non-hydrogen) atoms. The maximum atomic E-state index is 5.87. The number of aryl methyl sites for hydroxylation is 3. The molecule has 4 rings (SSSR count). The van der Waals surface area contributed by atoms with Crippen LogP contribution in [-0.4, -0.2) is 35.3 Å². The van der Waals surface area contributed by atoms with Crippen molar-refractivity contribution in [2.45, 2.75) is 52.2 Å². The van der Waals surface area contributed by atoms with Gasteiger partial charge in [-0.1, -0.05) is 0 Å². The van der Waals surface area contributed by atoms with Crippen molar-refractivity contribution in [3.63, 3.8) is 0 Å². The lowest BCUT2D eigenvalue weighted by atomic mass is 10.1. The molecule has 0 bridgehead atoms. The number of thiophene rings is 1. The first-order valence-corrected chi connectivity index (χ1v) is 8.62. The van der Waals surface area contributed by atoms with Crippen LogP contribution in [0.2, 0.25) is 0 Å². The van der Waals surface area contributed by atoms with Crippen LogP contribution in [0.1, 0.15) is 36.5 Å². The summed E-state index contributed by atoms with van der Waals surface area (Å²) in [4.78, 5) is 14.6. The summed E-state index contributed by atoms with van der Waals surface area (Å²) in [6, 6.07) is 0. The van der Waals surface area contributed by atoms with Crippen molar-refractivity contribution in [1.29, 1.82) is 0 Å². The van der Waals surface area contributed by atoms with Gasteiger partial charge in [0.2, 0.25) is 0 Å². The molecule has 1 saturated heterocycles. The van der Waals surface area contributed by atoms with Gasteiger partial charge in [-0.25, -0.2) is 9.97 Å². The van der Waals surface area contributed by atoms with Gasteiger partial charge in [-0.15, -0.1) is 11.3 Å². The van der Waals surface area contributed by atoms with Crippen LogP contribution in [0.15, 0.2) is 0 Å². The highest BCUT2D eigenvalue weighted by Gasteiger charge is 2.28. The summed E-state index contributed by atoms with van der Waals surface area (Å²) in [5.74, 6) is 2.02. The van der Waals surface area contributed by atoms with Crippen molar-refractivity contribution >= 4 is 27.4 Å². The summed E-state index contributed by atoms with van der Waals surface area (Å²) in [7, 11) is 0. The Bertz CT molecular complexity index is 686. The summed E-state index contributed by atoms with van der Waals surface area (Å²) >= 11 is 1.87. The summed E-state index contributed by atoms with van der Waals surface area (Å²) in [5.41, 5.74) is 1.51. The molecule has 0 spiro atoms. The van der Waals surface area contributed by atoms with E-state index in [-0.39, 0.29) is 12.2 Å². The van der Waals surface area contributed by atoms with E-state index in [1.807, 2.05) is 18.3 Å². The van der Waals surface area contributed by atoms with Crippen molar-refractivity contribution in [3.8, 4) is 0 Å². The van der Waals surface area contributed by atoms with Gasteiger partial charge in [0.25, 0.3) is 0 Å². The van der Waals surface area contributed by atoms with Gasteiger partial charge < -0.3 is 9.64 Å². The van der Waals surface area contributed by atoms with Gasteiger partial charge in [0, 0.05) is 18.0 Å². The Hall–Kier alpha value is -1.20. The first kappa shape index (κ1) is 13.5. The predicted molar refractivity (Wildman–Crippen MR) is 86.4 cm³/mol. The molecular weight excluding hydrogens is 282 g/mol. The molecule has 1 fully saturated rings. The lowest BCUT2D eigenvalue weighted by Gasteiger charge is -2.36. The van der Waals surface area contributed by atoms with E-state index in [4.69, 9.17) is 9.72 Å². The fourth-order valence-corrected chi connectivity index (χ4v) is 4.96. The number of hydrogen-bond acceptors (Lipinski definition) is 5. The smallest absolute Gasteiger partial charge is 0.141 e. The van der Waals surface area contributed by atoms with Gasteiger partial charge in [-0.3, -0.25) is 0 Å². The summed E-state index contributed by atoms with van der Waals surface area (Å²) < 4.78 is 5.87. The number of anilines is 1. The molecule has 0 N–H and O–H groups in total. The Morgan fingerprint density at radius 1 is 1.14 bits per heavy atom. The van der Waals surface area contributed by atoms with E-state index in [0.717, 1.165) is 24.7 Å². The molecule has 2 atom stereocenters. The van der Waals surface area contributed by atoms with Crippen LogP contribution in [0.25, 0.3) is 10.2 Å². The average Bonchev–Trinajstić information content (AvgIpc) is 2.96. The van der Waals surface area contributed by atoms with E-state index < -0.39 is 0 Å². The summed E-state index contributed by atoms with van der Waals surface area (Å²) in [6.45, 7) is 8.13. The predicted octanol–water partition coefficient (Wildman–Crippen LogP) is 3.10. The molecule has 1 aliphatic heterocycles. The molecule has 0 radical (unpaired) electrons. The van der Waals surface area contributed by atoms with Crippen LogP contribution in [0, 0.1) is 6.92 Å². The number of fused-ring (bicyclic) bond motifs is 3. The molecule has 1 aliphatic carbocycles. The monoisotopic (exact) mass is 303 g/mol. The zero-order valence-corrected chi connectivity index (χ0v) is 13.7. The number of rotatable bonds is 1. The second-order valence-corrected chi connectivity index (χ2v) is 7.38. The molecule has 3 heterocycles. The van der Waals surface area contributed by atoms with Crippen molar-refractivity contribution in [1.82, 2.24) is 9.97 Å². The molecule has 2 unspecified atom stereocenters. The van der Waals surface area contributed by atoms with Crippen LogP contribution in [0.3, 0.4) is 0 Å². The molecule has 112 valence electrons. The Morgan fingerprint density at radius 3 is 2.67 bits per heavy atom. The number of hydrogen-bond donors (Lipinski definition) is 0. The molecule has 2 aliphatic rings. The van der Waals surface area contributed by atoms with E-state index in [0.29, 0.717) is 0 Å². The van der Waals surface area contributed by atoms with Crippen molar-refractivity contribution in [2.24, 2.45) is 0 Å². The Labute approximate surface area is 129 Å². The van der Waals surface area contributed by atoms with E-state index >= 15 is 0 Å². The molecule has 2 aromatic heterocycles. The second-order valence-electron chi connectivity index (χ2n) is 6.29. The quantitative estimate of drug-likeness (QED) is 0.811. The maximum absolute atomic E-state index is 5.87. The number of ether oxygens (including phenoxy) is 1. The second kappa shape index (κ2) is 4.92. The Kier molecular flexibility index (Phi) is 3.15. The average molecular weight is 303 g/mol. The van der Waals surface area contributed by atoms with Crippen molar-refractivity contribution in [2.75, 3.05) is 18.0 Å². The number of aromatic nitrogens is 2. The van der Waals surface area contributed by atoms with Gasteiger partial charge in [0.15, 0.2) is 0 Å². The maximum Gasteiger partial charge on any atom is 0.141 e. The molecule has 0 saturated carbocycles. The van der Waals surface area contributed by atoms with Crippen LogP contribution < -0.4 is 4.90 Å². The van der Waals surface area contributed by atoms with E-state index in [1.54, 1.807) is 0 Å². The topological polar surface area (TPSA) is 38.2 Å². The van der Waals surface area contributed by atoms with Gasteiger partial charge >= 0.3 is 0 Å². The molecular formula is C16H21N3OS. The summed E-state index contributed by atoms with van der Waals surface area (Å²) in [6.07, 6.45) is 4.19. The van der Waals surface area contributed by atoms with E-state index in [2.05, 4.69) is 23.7 Å². The third-order valence-electron chi connectivity index (χ3n) is 4.38. The van der Waals surface area contributed by atoms with Crippen LogP contribution in [0.5, 0.6) is 0 Å². The molecule has 2 aromatic rings. The Balaban J connectivity index is 1.87. The van der Waals surface area contributed by atoms with Gasteiger partial charge in [-0.05, 0) is 45.6 Å². The Morgan fingerprint density at radius 2 is 1.90 bits per heavy atom. The minimum absolute atomic E-state index is 0.255. The third-order valence-corrected chi connectivity index (χ3v) is 5.56.